The molecule has 4 heteroatoms. The zero-order valence-corrected chi connectivity index (χ0v) is 12.6. The van der Waals surface area contributed by atoms with E-state index in [1.807, 2.05) is 24.3 Å². The number of nitrogens with one attached hydrogen (secondary N) is 1. The highest BCUT2D eigenvalue weighted by molar-refractivity contribution is 5.94. The Hall–Kier alpha value is -1.39. The smallest absolute Gasteiger partial charge is 0.251 e. The number of aryl methyl sites for hydroxylation is 1. The van der Waals surface area contributed by atoms with Gasteiger partial charge in [0.2, 0.25) is 0 Å². The molecule has 0 aliphatic carbocycles. The maximum Gasteiger partial charge on any atom is 0.251 e. The number of likely N-dealkylation sites (N-methyl/N-ethyl adjacent to an activating group) is 1. The van der Waals surface area contributed by atoms with Gasteiger partial charge < -0.3 is 10.2 Å². The van der Waals surface area contributed by atoms with Gasteiger partial charge in [-0.05, 0) is 31.2 Å². The normalized spacial score (nSPS) is 17.1. The van der Waals surface area contributed by atoms with Crippen molar-refractivity contribution < 1.29 is 4.79 Å². The Balaban J connectivity index is 1.71. The van der Waals surface area contributed by atoms with E-state index in [4.69, 9.17) is 0 Å². The summed E-state index contributed by atoms with van der Waals surface area (Å²) in [5.41, 5.74) is 2.01. The fourth-order valence-electron chi connectivity index (χ4n) is 2.39. The fourth-order valence-corrected chi connectivity index (χ4v) is 2.39. The van der Waals surface area contributed by atoms with Crippen molar-refractivity contribution in [3.8, 4) is 0 Å². The second-order valence-electron chi connectivity index (χ2n) is 5.45. The largest absolute Gasteiger partial charge is 0.351 e. The lowest BCUT2D eigenvalue weighted by Crippen LogP contribution is -2.46. The lowest BCUT2D eigenvalue weighted by atomic mass is 10.1. The molecule has 1 N–H and O–H groups in total. The van der Waals surface area contributed by atoms with Crippen LogP contribution in [0.5, 0.6) is 0 Å². The SMILES string of the molecule is CCc1ccc(C(=O)NCCN2CCN(C)CC2)cc1. The zero-order chi connectivity index (χ0) is 14.4. The van der Waals surface area contributed by atoms with E-state index in [1.165, 1.54) is 5.56 Å². The van der Waals surface area contributed by atoms with Gasteiger partial charge in [0.15, 0.2) is 0 Å². The van der Waals surface area contributed by atoms with Gasteiger partial charge in [-0.2, -0.15) is 0 Å². The van der Waals surface area contributed by atoms with Gasteiger partial charge in [0.05, 0.1) is 0 Å². The first-order valence-corrected chi connectivity index (χ1v) is 7.47. The molecule has 1 aromatic carbocycles. The van der Waals surface area contributed by atoms with Gasteiger partial charge in [0.25, 0.3) is 5.91 Å². The lowest BCUT2D eigenvalue weighted by Gasteiger charge is -2.32. The first-order chi connectivity index (χ1) is 9.69. The first kappa shape index (κ1) is 15.0. The van der Waals surface area contributed by atoms with Gasteiger partial charge in [-0.15, -0.1) is 0 Å². The van der Waals surface area contributed by atoms with Gasteiger partial charge in [-0.3, -0.25) is 9.69 Å². The Kier molecular flexibility index (Phi) is 5.56. The minimum atomic E-state index is 0.0294. The predicted molar refractivity (Wildman–Crippen MR) is 82.1 cm³/mol. The van der Waals surface area contributed by atoms with Gasteiger partial charge in [-0.1, -0.05) is 19.1 Å². The summed E-state index contributed by atoms with van der Waals surface area (Å²) < 4.78 is 0. The second kappa shape index (κ2) is 7.41. The quantitative estimate of drug-likeness (QED) is 0.878. The summed E-state index contributed by atoms with van der Waals surface area (Å²) in [6, 6.07) is 7.86. The summed E-state index contributed by atoms with van der Waals surface area (Å²) in [6.45, 7) is 8.20. The second-order valence-corrected chi connectivity index (χ2v) is 5.45. The molecule has 1 amide bonds. The molecule has 0 atom stereocenters. The molecule has 110 valence electrons. The minimum Gasteiger partial charge on any atom is -0.351 e. The van der Waals surface area contributed by atoms with Crippen LogP contribution in [0.25, 0.3) is 0 Å². The van der Waals surface area contributed by atoms with E-state index < -0.39 is 0 Å². The summed E-state index contributed by atoms with van der Waals surface area (Å²) in [5.74, 6) is 0.0294. The van der Waals surface area contributed by atoms with Crippen LogP contribution in [0.2, 0.25) is 0 Å². The summed E-state index contributed by atoms with van der Waals surface area (Å²) in [5, 5.41) is 3.00. The molecule has 1 aliphatic heterocycles. The molecule has 0 spiro atoms. The summed E-state index contributed by atoms with van der Waals surface area (Å²) >= 11 is 0. The number of carbonyl (C=O) groups is 1. The van der Waals surface area contributed by atoms with E-state index in [0.29, 0.717) is 0 Å². The van der Waals surface area contributed by atoms with E-state index in [1.54, 1.807) is 0 Å². The summed E-state index contributed by atoms with van der Waals surface area (Å²) in [6.07, 6.45) is 1.01. The highest BCUT2D eigenvalue weighted by Gasteiger charge is 2.13. The maximum atomic E-state index is 12.0. The van der Waals surface area contributed by atoms with E-state index in [2.05, 4.69) is 29.1 Å². The van der Waals surface area contributed by atoms with Crippen molar-refractivity contribution in [1.29, 1.82) is 0 Å². The number of hydrogen-bond donors (Lipinski definition) is 1. The topological polar surface area (TPSA) is 35.6 Å². The molecule has 20 heavy (non-hydrogen) atoms. The Bertz CT molecular complexity index is 422. The molecular formula is C16H25N3O. The number of benzene rings is 1. The minimum absolute atomic E-state index is 0.0294. The van der Waals surface area contributed by atoms with Crippen LogP contribution in [-0.2, 0) is 6.42 Å². The van der Waals surface area contributed by atoms with Crippen molar-refractivity contribution >= 4 is 5.91 Å². The molecule has 1 aliphatic rings. The maximum absolute atomic E-state index is 12.0. The molecule has 0 bridgehead atoms. The third kappa shape index (κ3) is 4.32. The molecule has 0 radical (unpaired) electrons. The number of piperazine rings is 1. The first-order valence-electron chi connectivity index (χ1n) is 7.47. The van der Waals surface area contributed by atoms with E-state index in [9.17, 15) is 4.79 Å². The molecule has 0 saturated carbocycles. The van der Waals surface area contributed by atoms with Crippen molar-refractivity contribution in [2.24, 2.45) is 0 Å². The van der Waals surface area contributed by atoms with Crippen LogP contribution in [0.15, 0.2) is 24.3 Å². The van der Waals surface area contributed by atoms with Crippen LogP contribution in [0.4, 0.5) is 0 Å². The molecule has 1 fully saturated rings. The Morgan fingerprint density at radius 1 is 1.15 bits per heavy atom. The van der Waals surface area contributed by atoms with Crippen molar-refractivity contribution in [3.63, 3.8) is 0 Å². The Morgan fingerprint density at radius 3 is 2.40 bits per heavy atom. The van der Waals surface area contributed by atoms with E-state index >= 15 is 0 Å². The standard InChI is InChI=1S/C16H25N3O/c1-3-14-4-6-15(7-5-14)16(20)17-8-9-19-12-10-18(2)11-13-19/h4-7H,3,8-13H2,1-2H3,(H,17,20). The van der Waals surface area contributed by atoms with Crippen molar-refractivity contribution in [1.82, 2.24) is 15.1 Å². The summed E-state index contributed by atoms with van der Waals surface area (Å²) in [7, 11) is 2.15. The van der Waals surface area contributed by atoms with Crippen molar-refractivity contribution in [2.75, 3.05) is 46.3 Å². The Labute approximate surface area is 121 Å². The van der Waals surface area contributed by atoms with Crippen LogP contribution < -0.4 is 5.32 Å². The molecule has 1 saturated heterocycles. The van der Waals surface area contributed by atoms with Gasteiger partial charge in [0.1, 0.15) is 0 Å². The number of rotatable bonds is 5. The number of carbonyl (C=O) groups excluding carboxylic acids is 1. The number of amides is 1. The zero-order valence-electron chi connectivity index (χ0n) is 12.6. The molecule has 4 nitrogen and oxygen atoms in total. The molecule has 2 rings (SSSR count). The molecule has 0 aromatic heterocycles. The molecule has 1 aromatic rings. The Morgan fingerprint density at radius 2 is 1.80 bits per heavy atom. The number of nitrogens with zero attached hydrogens (tertiary/aromatic N) is 2. The fraction of sp³-hybridized carbons (Fsp3) is 0.562. The van der Waals surface area contributed by atoms with E-state index in [-0.39, 0.29) is 5.91 Å². The number of hydrogen-bond acceptors (Lipinski definition) is 3. The van der Waals surface area contributed by atoms with Crippen molar-refractivity contribution in [3.05, 3.63) is 35.4 Å². The van der Waals surface area contributed by atoms with Crippen molar-refractivity contribution in [2.45, 2.75) is 13.3 Å². The van der Waals surface area contributed by atoms with Crippen LogP contribution in [-0.4, -0.2) is 62.0 Å². The molecule has 0 unspecified atom stereocenters. The average Bonchev–Trinajstić information content (AvgIpc) is 2.49. The van der Waals surface area contributed by atoms with Crippen LogP contribution in [0.1, 0.15) is 22.8 Å². The highest BCUT2D eigenvalue weighted by atomic mass is 16.1. The highest BCUT2D eigenvalue weighted by Crippen LogP contribution is 2.05. The van der Waals surface area contributed by atoms with Crippen LogP contribution >= 0.6 is 0 Å². The van der Waals surface area contributed by atoms with Gasteiger partial charge in [-0.25, -0.2) is 0 Å². The lowest BCUT2D eigenvalue weighted by molar-refractivity contribution is 0.0941. The summed E-state index contributed by atoms with van der Waals surface area (Å²) in [4.78, 5) is 16.7. The average molecular weight is 275 g/mol. The third-order valence-corrected chi connectivity index (χ3v) is 3.93. The van der Waals surface area contributed by atoms with Crippen LogP contribution in [0, 0.1) is 0 Å². The predicted octanol–water partition coefficient (Wildman–Crippen LogP) is 1.23. The van der Waals surface area contributed by atoms with Crippen LogP contribution in [0.3, 0.4) is 0 Å². The monoisotopic (exact) mass is 275 g/mol. The molecular weight excluding hydrogens is 250 g/mol. The van der Waals surface area contributed by atoms with E-state index in [0.717, 1.165) is 51.3 Å². The third-order valence-electron chi connectivity index (χ3n) is 3.93. The molecule has 1 heterocycles. The van der Waals surface area contributed by atoms with Gasteiger partial charge >= 0.3 is 0 Å². The van der Waals surface area contributed by atoms with Gasteiger partial charge in [0, 0.05) is 44.8 Å².